The maximum Gasteiger partial charge on any atom is 0.255 e. The van der Waals surface area contributed by atoms with Crippen LogP contribution >= 0.6 is 23.1 Å². The van der Waals surface area contributed by atoms with Crippen LogP contribution < -0.4 is 15.4 Å². The Hall–Kier alpha value is -2.84. The first kappa shape index (κ1) is 18.5. The molecule has 0 saturated heterocycles. The minimum absolute atomic E-state index is 0.0374. The molecule has 1 aromatic heterocycles. The average Bonchev–Trinajstić information content (AvgIpc) is 3.14. The molecule has 4 rings (SSSR count). The van der Waals surface area contributed by atoms with E-state index < -0.39 is 0 Å². The molecule has 3 aromatic rings. The third kappa shape index (κ3) is 4.35. The minimum atomic E-state index is -0.268. The number of amides is 2. The van der Waals surface area contributed by atoms with Crippen molar-refractivity contribution in [2.45, 2.75) is 17.9 Å². The number of benzene rings is 2. The number of aromatic nitrogens is 1. The first-order valence-electron chi connectivity index (χ1n) is 8.66. The number of hydrogen-bond donors (Lipinski definition) is 2. The summed E-state index contributed by atoms with van der Waals surface area (Å²) in [5, 5.41) is 7.67. The van der Waals surface area contributed by atoms with Crippen LogP contribution in [0, 0.1) is 0 Å². The molecular formula is C20H17N3O3S2. The van der Waals surface area contributed by atoms with Crippen LogP contribution in [0.1, 0.15) is 22.5 Å². The van der Waals surface area contributed by atoms with Crippen molar-refractivity contribution in [2.75, 3.05) is 16.4 Å². The van der Waals surface area contributed by atoms with Gasteiger partial charge in [-0.1, -0.05) is 12.1 Å². The van der Waals surface area contributed by atoms with E-state index in [0.29, 0.717) is 35.7 Å². The van der Waals surface area contributed by atoms with Gasteiger partial charge in [-0.2, -0.15) is 0 Å². The Kier molecular flexibility index (Phi) is 5.59. The topological polar surface area (TPSA) is 80.3 Å². The van der Waals surface area contributed by atoms with Gasteiger partial charge in [-0.25, -0.2) is 4.98 Å². The van der Waals surface area contributed by atoms with Gasteiger partial charge >= 0.3 is 0 Å². The Morgan fingerprint density at radius 3 is 3.00 bits per heavy atom. The molecule has 2 heterocycles. The molecule has 0 aliphatic carbocycles. The summed E-state index contributed by atoms with van der Waals surface area (Å²) in [4.78, 5) is 29.7. The molecular weight excluding hydrogens is 394 g/mol. The van der Waals surface area contributed by atoms with E-state index in [9.17, 15) is 9.59 Å². The van der Waals surface area contributed by atoms with Crippen molar-refractivity contribution < 1.29 is 14.3 Å². The first-order chi connectivity index (χ1) is 13.7. The van der Waals surface area contributed by atoms with Gasteiger partial charge in [0.1, 0.15) is 12.4 Å². The van der Waals surface area contributed by atoms with E-state index in [-0.39, 0.29) is 11.8 Å². The van der Waals surface area contributed by atoms with Crippen LogP contribution in [0.2, 0.25) is 0 Å². The van der Waals surface area contributed by atoms with Gasteiger partial charge < -0.3 is 15.4 Å². The highest BCUT2D eigenvalue weighted by atomic mass is 32.2. The zero-order chi connectivity index (χ0) is 19.3. The largest absolute Gasteiger partial charge is 0.485 e. The lowest BCUT2D eigenvalue weighted by Crippen LogP contribution is -2.14. The summed E-state index contributed by atoms with van der Waals surface area (Å²) in [6, 6.07) is 12.6. The Morgan fingerprint density at radius 2 is 2.14 bits per heavy atom. The zero-order valence-electron chi connectivity index (χ0n) is 14.8. The Balaban J connectivity index is 1.50. The van der Waals surface area contributed by atoms with Gasteiger partial charge in [0.15, 0.2) is 0 Å². The molecule has 0 atom stereocenters. The number of carbonyl (C=O) groups is 2. The van der Waals surface area contributed by atoms with Crippen LogP contribution in [0.25, 0.3) is 0 Å². The number of hydrogen-bond acceptors (Lipinski definition) is 6. The third-order valence-corrected chi connectivity index (χ3v) is 5.81. The maximum atomic E-state index is 12.8. The summed E-state index contributed by atoms with van der Waals surface area (Å²) < 4.78 is 5.81. The number of para-hydroxylation sites is 2. The van der Waals surface area contributed by atoms with Gasteiger partial charge in [-0.3, -0.25) is 9.59 Å². The van der Waals surface area contributed by atoms with Crippen LogP contribution in [-0.4, -0.2) is 22.6 Å². The van der Waals surface area contributed by atoms with E-state index in [2.05, 4.69) is 15.6 Å². The van der Waals surface area contributed by atoms with Crippen molar-refractivity contribution in [3.05, 3.63) is 64.6 Å². The molecule has 1 aliphatic heterocycles. The molecule has 2 amide bonds. The quantitative estimate of drug-likeness (QED) is 0.650. The molecule has 142 valence electrons. The van der Waals surface area contributed by atoms with Crippen molar-refractivity contribution in [3.63, 3.8) is 0 Å². The normalized spacial score (nSPS) is 13.2. The molecule has 0 fully saturated rings. The molecule has 2 aromatic carbocycles. The van der Waals surface area contributed by atoms with Crippen LogP contribution in [0.4, 0.5) is 11.4 Å². The summed E-state index contributed by atoms with van der Waals surface area (Å²) in [6.45, 7) is 0.332. The van der Waals surface area contributed by atoms with Gasteiger partial charge in [0.25, 0.3) is 5.91 Å². The van der Waals surface area contributed by atoms with E-state index in [0.717, 1.165) is 16.3 Å². The molecule has 2 N–H and O–H groups in total. The summed E-state index contributed by atoms with van der Waals surface area (Å²) in [6.07, 6.45) is 0.463. The predicted molar refractivity (Wildman–Crippen MR) is 111 cm³/mol. The number of nitrogens with one attached hydrogen (secondary N) is 2. The maximum absolute atomic E-state index is 12.8. The minimum Gasteiger partial charge on any atom is -0.485 e. The number of anilines is 2. The number of fused-ring (bicyclic) bond motifs is 1. The fourth-order valence-electron chi connectivity index (χ4n) is 2.71. The molecule has 8 heteroatoms. The number of nitrogens with zero attached hydrogens (tertiary/aromatic N) is 1. The van der Waals surface area contributed by atoms with E-state index in [4.69, 9.17) is 4.74 Å². The van der Waals surface area contributed by atoms with Crippen LogP contribution in [-0.2, 0) is 11.4 Å². The standard InChI is InChI=1S/C20H17N3O3S2/c24-19-7-8-28-18-6-5-13(9-16(18)22-19)20(25)23-15-3-1-2-4-17(15)26-10-14-11-27-12-21-14/h1-6,9,11-12H,7-8,10H2,(H,22,24)(H,23,25). The van der Waals surface area contributed by atoms with Crippen molar-refractivity contribution in [3.8, 4) is 5.75 Å². The number of ether oxygens (including phenoxy) is 1. The second-order valence-electron chi connectivity index (χ2n) is 6.08. The van der Waals surface area contributed by atoms with Crippen molar-refractivity contribution >= 4 is 46.3 Å². The Morgan fingerprint density at radius 1 is 1.25 bits per heavy atom. The van der Waals surface area contributed by atoms with E-state index in [1.54, 1.807) is 41.5 Å². The van der Waals surface area contributed by atoms with Gasteiger partial charge in [0.2, 0.25) is 5.91 Å². The molecule has 28 heavy (non-hydrogen) atoms. The number of thiazole rings is 1. The highest BCUT2D eigenvalue weighted by molar-refractivity contribution is 7.99. The second-order valence-corrected chi connectivity index (χ2v) is 7.93. The fraction of sp³-hybridized carbons (Fsp3) is 0.150. The molecule has 1 aliphatic rings. The lowest BCUT2D eigenvalue weighted by molar-refractivity contribution is -0.115. The second kappa shape index (κ2) is 8.45. The molecule has 0 saturated carbocycles. The SMILES string of the molecule is O=C1CCSc2ccc(C(=O)Nc3ccccc3OCc3cscn3)cc2N1. The molecule has 0 unspecified atom stereocenters. The van der Waals surface area contributed by atoms with Crippen LogP contribution in [0.5, 0.6) is 5.75 Å². The van der Waals surface area contributed by atoms with Gasteiger partial charge in [0.05, 0.1) is 22.6 Å². The van der Waals surface area contributed by atoms with Crippen molar-refractivity contribution in [1.29, 1.82) is 0 Å². The van der Waals surface area contributed by atoms with Gasteiger partial charge in [-0.05, 0) is 30.3 Å². The van der Waals surface area contributed by atoms with Gasteiger partial charge in [-0.15, -0.1) is 23.1 Å². The monoisotopic (exact) mass is 411 g/mol. The molecule has 6 nitrogen and oxygen atoms in total. The Labute approximate surface area is 170 Å². The predicted octanol–water partition coefficient (Wildman–Crippen LogP) is 4.41. The molecule has 0 bridgehead atoms. The average molecular weight is 412 g/mol. The van der Waals surface area contributed by atoms with Crippen LogP contribution in [0.15, 0.2) is 58.3 Å². The summed E-state index contributed by atoms with van der Waals surface area (Å²) in [5.41, 5.74) is 4.31. The Bertz CT molecular complexity index is 1010. The molecule has 0 radical (unpaired) electrons. The summed E-state index contributed by atoms with van der Waals surface area (Å²) in [5.74, 6) is 0.997. The third-order valence-electron chi connectivity index (χ3n) is 4.10. The lowest BCUT2D eigenvalue weighted by atomic mass is 10.1. The van der Waals surface area contributed by atoms with Crippen molar-refractivity contribution in [2.24, 2.45) is 0 Å². The zero-order valence-corrected chi connectivity index (χ0v) is 16.4. The highest BCUT2D eigenvalue weighted by Crippen LogP contribution is 2.32. The lowest BCUT2D eigenvalue weighted by Gasteiger charge is -2.13. The number of carbonyl (C=O) groups excluding carboxylic acids is 2. The number of rotatable bonds is 5. The highest BCUT2D eigenvalue weighted by Gasteiger charge is 2.16. The van der Waals surface area contributed by atoms with E-state index in [1.165, 1.54) is 11.3 Å². The summed E-state index contributed by atoms with van der Waals surface area (Å²) in [7, 11) is 0. The fourth-order valence-corrected chi connectivity index (χ4v) is 4.19. The smallest absolute Gasteiger partial charge is 0.255 e. The number of thioether (sulfide) groups is 1. The summed E-state index contributed by atoms with van der Waals surface area (Å²) >= 11 is 3.11. The van der Waals surface area contributed by atoms with Gasteiger partial charge in [0, 0.05) is 28.0 Å². The van der Waals surface area contributed by atoms with E-state index in [1.807, 2.05) is 23.6 Å². The van der Waals surface area contributed by atoms with E-state index >= 15 is 0 Å². The van der Waals surface area contributed by atoms with Crippen LogP contribution in [0.3, 0.4) is 0 Å². The first-order valence-corrected chi connectivity index (χ1v) is 10.6. The van der Waals surface area contributed by atoms with Crippen molar-refractivity contribution in [1.82, 2.24) is 4.98 Å². The molecule has 0 spiro atoms.